The van der Waals surface area contributed by atoms with Crippen LogP contribution in [0.2, 0.25) is 0 Å². The topological polar surface area (TPSA) is 55.1 Å². The second kappa shape index (κ2) is 13.3. The fourth-order valence-corrected chi connectivity index (χ4v) is 7.18. The molecule has 2 heterocycles. The molecule has 0 fully saturated rings. The molecule has 5 heteroatoms. The monoisotopic (exact) mass is 692 g/mol. The van der Waals surface area contributed by atoms with E-state index in [1.165, 1.54) is 10.8 Å². The van der Waals surface area contributed by atoms with Crippen LogP contribution in [0.3, 0.4) is 0 Å². The lowest BCUT2D eigenvalue weighted by atomic mass is 10.0. The molecule has 0 amide bonds. The first-order valence-electron chi connectivity index (χ1n) is 18.0. The fraction of sp³-hybridized carbons (Fsp3) is 0. The molecule has 0 aliphatic rings. The second-order valence-electron chi connectivity index (χ2n) is 13.3. The Morgan fingerprint density at radius 1 is 0.315 bits per heavy atom. The lowest BCUT2D eigenvalue weighted by Crippen LogP contribution is -2.09. The minimum atomic E-state index is 0.596. The summed E-state index contributed by atoms with van der Waals surface area (Å²) in [5, 5.41) is 4.54. The predicted molar refractivity (Wildman–Crippen MR) is 221 cm³/mol. The summed E-state index contributed by atoms with van der Waals surface area (Å²) in [4.78, 5) is 17.0. The van der Waals surface area contributed by atoms with Crippen molar-refractivity contribution in [2.75, 3.05) is 4.90 Å². The number of benzene rings is 8. The molecule has 254 valence electrons. The Morgan fingerprint density at radius 3 is 1.41 bits per heavy atom. The number of nitrogens with zero attached hydrogens (tertiary/aromatic N) is 4. The van der Waals surface area contributed by atoms with Crippen molar-refractivity contribution >= 4 is 49.8 Å². The highest BCUT2D eigenvalue weighted by atomic mass is 16.3. The van der Waals surface area contributed by atoms with Crippen molar-refractivity contribution in [3.8, 4) is 45.3 Å². The average Bonchev–Trinajstić information content (AvgIpc) is 3.62. The first kappa shape index (κ1) is 31.4. The van der Waals surface area contributed by atoms with E-state index in [0.717, 1.165) is 66.8 Å². The normalized spacial score (nSPS) is 11.3. The van der Waals surface area contributed by atoms with E-state index in [1.807, 2.05) is 66.7 Å². The van der Waals surface area contributed by atoms with Crippen LogP contribution < -0.4 is 4.90 Å². The predicted octanol–water partition coefficient (Wildman–Crippen LogP) is 13.1. The lowest BCUT2D eigenvalue weighted by molar-refractivity contribution is 0.669. The van der Waals surface area contributed by atoms with Crippen molar-refractivity contribution < 1.29 is 4.42 Å². The minimum absolute atomic E-state index is 0.596. The molecule has 0 radical (unpaired) electrons. The van der Waals surface area contributed by atoms with Crippen LogP contribution in [0.1, 0.15) is 0 Å². The van der Waals surface area contributed by atoms with Gasteiger partial charge in [-0.1, -0.05) is 133 Å². The van der Waals surface area contributed by atoms with Gasteiger partial charge in [0, 0.05) is 44.5 Å². The van der Waals surface area contributed by atoms with Gasteiger partial charge >= 0.3 is 0 Å². The summed E-state index contributed by atoms with van der Waals surface area (Å²) in [6.45, 7) is 0. The summed E-state index contributed by atoms with van der Waals surface area (Å²) in [6, 6.07) is 67.1. The summed E-state index contributed by atoms with van der Waals surface area (Å²) in [5.41, 5.74) is 9.85. The van der Waals surface area contributed by atoms with Gasteiger partial charge in [0.2, 0.25) is 0 Å². The summed E-state index contributed by atoms with van der Waals surface area (Å²) >= 11 is 0. The summed E-state index contributed by atoms with van der Waals surface area (Å²) in [5.74, 6) is 1.85. The highest BCUT2D eigenvalue weighted by molar-refractivity contribution is 6.07. The number of anilines is 3. The lowest BCUT2D eigenvalue weighted by Gasteiger charge is -2.26. The van der Waals surface area contributed by atoms with Crippen molar-refractivity contribution in [2.45, 2.75) is 0 Å². The van der Waals surface area contributed by atoms with Gasteiger partial charge in [-0.05, 0) is 82.6 Å². The first-order chi connectivity index (χ1) is 26.7. The van der Waals surface area contributed by atoms with Crippen LogP contribution in [0.5, 0.6) is 0 Å². The summed E-state index contributed by atoms with van der Waals surface area (Å²) < 4.78 is 6.54. The van der Waals surface area contributed by atoms with Gasteiger partial charge < -0.3 is 9.32 Å². The van der Waals surface area contributed by atoms with E-state index < -0.39 is 0 Å². The summed E-state index contributed by atoms with van der Waals surface area (Å²) in [6.07, 6.45) is 0. The van der Waals surface area contributed by atoms with Crippen molar-refractivity contribution in [2.24, 2.45) is 0 Å². The molecular formula is C49H32N4O. The largest absolute Gasteiger partial charge is 0.456 e. The zero-order valence-electron chi connectivity index (χ0n) is 29.2. The number of hydrogen-bond acceptors (Lipinski definition) is 5. The molecule has 0 saturated carbocycles. The van der Waals surface area contributed by atoms with Crippen LogP contribution in [0, 0.1) is 0 Å². The number of rotatable bonds is 7. The minimum Gasteiger partial charge on any atom is -0.456 e. The molecule has 0 atom stereocenters. The number of furan rings is 1. The Kier molecular flexibility index (Phi) is 7.73. The second-order valence-corrected chi connectivity index (χ2v) is 13.3. The highest BCUT2D eigenvalue weighted by Crippen LogP contribution is 2.38. The molecule has 0 unspecified atom stereocenters. The van der Waals surface area contributed by atoms with Crippen molar-refractivity contribution in [1.82, 2.24) is 15.0 Å². The van der Waals surface area contributed by atoms with Gasteiger partial charge in [-0.2, -0.15) is 0 Å². The Labute approximate surface area is 312 Å². The third-order valence-electron chi connectivity index (χ3n) is 9.90. The molecule has 0 aliphatic carbocycles. The van der Waals surface area contributed by atoms with Crippen LogP contribution >= 0.6 is 0 Å². The van der Waals surface area contributed by atoms with E-state index >= 15 is 0 Å². The molecule has 0 saturated heterocycles. The number of hydrogen-bond donors (Lipinski definition) is 0. The third kappa shape index (κ3) is 5.84. The van der Waals surface area contributed by atoms with E-state index in [0.29, 0.717) is 17.5 Å². The third-order valence-corrected chi connectivity index (χ3v) is 9.90. The standard InChI is InChI=1S/C49H32N4O/c1-4-13-35(14-5-1)47-50-48(36-15-6-2-7-16-36)52-49(51-47)39-24-29-44-43-28-23-38(31-45(43)54-46(44)32-39)34-20-25-41(26-21-34)53(40-18-8-3-9-19-40)42-27-22-33-12-10-11-17-37(33)30-42/h1-32H. The van der Waals surface area contributed by atoms with E-state index in [9.17, 15) is 0 Å². The van der Waals surface area contributed by atoms with Gasteiger partial charge in [0.25, 0.3) is 0 Å². The molecule has 0 aliphatic heterocycles. The molecule has 10 rings (SSSR count). The van der Waals surface area contributed by atoms with E-state index in [-0.39, 0.29) is 0 Å². The molecule has 0 bridgehead atoms. The molecule has 10 aromatic rings. The highest BCUT2D eigenvalue weighted by Gasteiger charge is 2.16. The Morgan fingerprint density at radius 2 is 0.778 bits per heavy atom. The van der Waals surface area contributed by atoms with Crippen LogP contribution in [-0.2, 0) is 0 Å². The van der Waals surface area contributed by atoms with E-state index in [1.54, 1.807) is 0 Å². The van der Waals surface area contributed by atoms with Crippen LogP contribution in [0.4, 0.5) is 17.1 Å². The van der Waals surface area contributed by atoms with Gasteiger partial charge in [-0.3, -0.25) is 0 Å². The molecule has 5 nitrogen and oxygen atoms in total. The number of para-hydroxylation sites is 1. The molecule has 0 N–H and O–H groups in total. The van der Waals surface area contributed by atoms with Gasteiger partial charge in [-0.25, -0.2) is 15.0 Å². The number of fused-ring (bicyclic) bond motifs is 4. The van der Waals surface area contributed by atoms with Gasteiger partial charge in [-0.15, -0.1) is 0 Å². The zero-order valence-corrected chi connectivity index (χ0v) is 29.2. The zero-order chi connectivity index (χ0) is 35.8. The SMILES string of the molecule is c1ccc(-c2nc(-c3ccccc3)nc(-c3ccc4c(c3)oc3cc(-c5ccc(N(c6ccccc6)c6ccc7ccccc7c6)cc5)ccc34)n2)cc1. The van der Waals surface area contributed by atoms with Gasteiger partial charge in [0.05, 0.1) is 0 Å². The maximum atomic E-state index is 6.54. The maximum Gasteiger partial charge on any atom is 0.164 e. The smallest absolute Gasteiger partial charge is 0.164 e. The van der Waals surface area contributed by atoms with Gasteiger partial charge in [0.15, 0.2) is 17.5 Å². The Bertz CT molecular complexity index is 2870. The maximum absolute atomic E-state index is 6.54. The molecule has 2 aromatic heterocycles. The Hall–Kier alpha value is -7.37. The summed E-state index contributed by atoms with van der Waals surface area (Å²) in [7, 11) is 0. The van der Waals surface area contributed by atoms with Gasteiger partial charge in [0.1, 0.15) is 11.2 Å². The fourth-order valence-electron chi connectivity index (χ4n) is 7.18. The molecule has 8 aromatic carbocycles. The van der Waals surface area contributed by atoms with Crippen molar-refractivity contribution in [3.63, 3.8) is 0 Å². The van der Waals surface area contributed by atoms with Crippen LogP contribution in [-0.4, -0.2) is 15.0 Å². The van der Waals surface area contributed by atoms with Crippen molar-refractivity contribution in [3.05, 3.63) is 194 Å². The Balaban J connectivity index is 0.999. The number of aromatic nitrogens is 3. The van der Waals surface area contributed by atoms with Crippen LogP contribution in [0.15, 0.2) is 199 Å². The van der Waals surface area contributed by atoms with E-state index in [2.05, 4.69) is 132 Å². The molecule has 54 heavy (non-hydrogen) atoms. The van der Waals surface area contributed by atoms with E-state index in [4.69, 9.17) is 19.4 Å². The molecule has 0 spiro atoms. The molecular weight excluding hydrogens is 661 g/mol. The quantitative estimate of drug-likeness (QED) is 0.166. The van der Waals surface area contributed by atoms with Crippen LogP contribution in [0.25, 0.3) is 78.0 Å². The average molecular weight is 693 g/mol. The van der Waals surface area contributed by atoms with Crippen molar-refractivity contribution in [1.29, 1.82) is 0 Å². The first-order valence-corrected chi connectivity index (χ1v) is 18.0.